The van der Waals surface area contributed by atoms with Gasteiger partial charge in [-0.2, -0.15) is 26.3 Å². The van der Waals surface area contributed by atoms with E-state index < -0.39 is 35.0 Å². The van der Waals surface area contributed by atoms with Crippen LogP contribution in [0.4, 0.5) is 26.3 Å². The van der Waals surface area contributed by atoms with Crippen LogP contribution in [0.2, 0.25) is 0 Å². The molecule has 0 aliphatic heterocycles. The molecule has 0 unspecified atom stereocenters. The number of carbonyl (C=O) groups is 1. The van der Waals surface area contributed by atoms with Crippen LogP contribution >= 0.6 is 0 Å². The van der Waals surface area contributed by atoms with Gasteiger partial charge in [0.05, 0.1) is 16.8 Å². The molecule has 2 aromatic rings. The summed E-state index contributed by atoms with van der Waals surface area (Å²) in [7, 11) is 0. The third kappa shape index (κ3) is 6.47. The van der Waals surface area contributed by atoms with Crippen LogP contribution in [0.3, 0.4) is 0 Å². The number of rotatable bonds is 6. The first-order valence-corrected chi connectivity index (χ1v) is 10.1. The van der Waals surface area contributed by atoms with Crippen molar-refractivity contribution in [3.8, 4) is 0 Å². The summed E-state index contributed by atoms with van der Waals surface area (Å²) >= 11 is 0. The van der Waals surface area contributed by atoms with Crippen molar-refractivity contribution in [1.29, 1.82) is 0 Å². The monoisotopic (exact) mass is 463 g/mol. The fourth-order valence-corrected chi connectivity index (χ4v) is 3.75. The summed E-state index contributed by atoms with van der Waals surface area (Å²) in [5.41, 5.74) is -2.88. The van der Waals surface area contributed by atoms with Crippen LogP contribution in [0.25, 0.3) is 0 Å². The minimum absolute atomic E-state index is 0.00538. The van der Waals surface area contributed by atoms with Gasteiger partial charge in [-0.25, -0.2) is 0 Å². The number of hydrogen-bond acceptors (Lipinski definition) is 4. The molecule has 1 fully saturated rings. The number of halogens is 6. The smallest absolute Gasteiger partial charge is 0.361 e. The SMILES string of the molecule is Cc1cc(CN[C@H]2CC[C@@H](CNC(=O)c3cc(C(F)(F)F)cc(C(F)(F)F)c3)CC2)no1. The third-order valence-corrected chi connectivity index (χ3v) is 5.50. The van der Waals surface area contributed by atoms with Crippen LogP contribution in [-0.2, 0) is 18.9 Å². The van der Waals surface area contributed by atoms with Gasteiger partial charge in [0.25, 0.3) is 5.91 Å². The summed E-state index contributed by atoms with van der Waals surface area (Å²) in [6.45, 7) is 2.56. The molecule has 32 heavy (non-hydrogen) atoms. The van der Waals surface area contributed by atoms with E-state index in [1.165, 1.54) is 0 Å². The average molecular weight is 463 g/mol. The zero-order chi connectivity index (χ0) is 23.5. The van der Waals surface area contributed by atoms with Gasteiger partial charge in [-0.3, -0.25) is 4.79 Å². The Morgan fingerprint density at radius 2 is 1.59 bits per heavy atom. The fourth-order valence-electron chi connectivity index (χ4n) is 3.75. The molecule has 1 aliphatic rings. The minimum atomic E-state index is -4.99. The highest BCUT2D eigenvalue weighted by Crippen LogP contribution is 2.36. The molecule has 0 saturated heterocycles. The number of aromatic nitrogens is 1. The van der Waals surface area contributed by atoms with E-state index in [0.29, 0.717) is 18.7 Å². The Kier molecular flexibility index (Phi) is 7.16. The van der Waals surface area contributed by atoms with Gasteiger partial charge in [-0.05, 0) is 56.7 Å². The van der Waals surface area contributed by atoms with Crippen LogP contribution in [-0.4, -0.2) is 23.7 Å². The minimum Gasteiger partial charge on any atom is -0.361 e. The normalized spacial score (nSPS) is 19.7. The summed E-state index contributed by atoms with van der Waals surface area (Å²) < 4.78 is 82.8. The fraction of sp³-hybridized carbons (Fsp3) is 0.524. The van der Waals surface area contributed by atoms with Crippen LogP contribution in [0.1, 0.15) is 58.6 Å². The first kappa shape index (κ1) is 24.1. The number of nitrogens with one attached hydrogen (secondary N) is 2. The molecule has 0 spiro atoms. The van der Waals surface area contributed by atoms with Crippen molar-refractivity contribution < 1.29 is 35.7 Å². The van der Waals surface area contributed by atoms with Crippen molar-refractivity contribution in [2.75, 3.05) is 6.54 Å². The number of nitrogens with zero attached hydrogens (tertiary/aromatic N) is 1. The molecule has 1 saturated carbocycles. The molecule has 1 heterocycles. The largest absolute Gasteiger partial charge is 0.416 e. The van der Waals surface area contributed by atoms with Gasteiger partial charge in [-0.15, -0.1) is 0 Å². The molecule has 5 nitrogen and oxygen atoms in total. The predicted molar refractivity (Wildman–Crippen MR) is 103 cm³/mol. The maximum atomic E-state index is 13.0. The molecular weight excluding hydrogens is 440 g/mol. The molecular formula is C21H23F6N3O2. The molecule has 176 valence electrons. The maximum absolute atomic E-state index is 13.0. The van der Waals surface area contributed by atoms with Crippen molar-refractivity contribution in [2.24, 2.45) is 5.92 Å². The zero-order valence-electron chi connectivity index (χ0n) is 17.2. The van der Waals surface area contributed by atoms with Crippen LogP contribution < -0.4 is 10.6 Å². The Hall–Kier alpha value is -2.56. The van der Waals surface area contributed by atoms with Crippen molar-refractivity contribution in [2.45, 2.75) is 57.5 Å². The molecule has 11 heteroatoms. The van der Waals surface area contributed by atoms with Gasteiger partial charge in [-0.1, -0.05) is 5.16 Å². The zero-order valence-corrected chi connectivity index (χ0v) is 17.2. The first-order valence-electron chi connectivity index (χ1n) is 10.1. The lowest BCUT2D eigenvalue weighted by Gasteiger charge is -2.29. The van der Waals surface area contributed by atoms with E-state index in [2.05, 4.69) is 15.8 Å². The summed E-state index contributed by atoms with van der Waals surface area (Å²) in [6.07, 6.45) is -6.78. The van der Waals surface area contributed by atoms with Crippen LogP contribution in [0, 0.1) is 12.8 Å². The third-order valence-electron chi connectivity index (χ3n) is 5.50. The van der Waals surface area contributed by atoms with E-state index in [1.54, 1.807) is 6.92 Å². The van der Waals surface area contributed by atoms with Gasteiger partial charge in [0, 0.05) is 30.8 Å². The number of benzene rings is 1. The quantitative estimate of drug-likeness (QED) is 0.585. The highest BCUT2D eigenvalue weighted by Gasteiger charge is 2.37. The van der Waals surface area contributed by atoms with Crippen molar-refractivity contribution >= 4 is 5.91 Å². The lowest BCUT2D eigenvalue weighted by molar-refractivity contribution is -0.143. The lowest BCUT2D eigenvalue weighted by atomic mass is 9.86. The molecule has 0 atom stereocenters. The van der Waals surface area contributed by atoms with E-state index in [4.69, 9.17) is 4.52 Å². The van der Waals surface area contributed by atoms with E-state index in [1.807, 2.05) is 6.07 Å². The summed E-state index contributed by atoms with van der Waals surface area (Å²) in [6, 6.07) is 2.99. The number of amides is 1. The summed E-state index contributed by atoms with van der Waals surface area (Å²) in [5, 5.41) is 9.77. The van der Waals surface area contributed by atoms with Gasteiger partial charge in [0.15, 0.2) is 0 Å². The maximum Gasteiger partial charge on any atom is 0.416 e. The highest BCUT2D eigenvalue weighted by atomic mass is 19.4. The molecule has 1 aromatic heterocycles. The van der Waals surface area contributed by atoms with E-state index in [9.17, 15) is 31.1 Å². The topological polar surface area (TPSA) is 67.2 Å². The summed E-state index contributed by atoms with van der Waals surface area (Å²) in [4.78, 5) is 12.3. The number of hydrogen-bond donors (Lipinski definition) is 2. The van der Waals surface area contributed by atoms with Crippen LogP contribution in [0.15, 0.2) is 28.8 Å². The molecule has 0 radical (unpaired) electrons. The van der Waals surface area contributed by atoms with Crippen molar-refractivity contribution in [3.63, 3.8) is 0 Å². The Morgan fingerprint density at radius 3 is 2.09 bits per heavy atom. The second-order valence-corrected chi connectivity index (χ2v) is 8.03. The second-order valence-electron chi connectivity index (χ2n) is 8.03. The van der Waals surface area contributed by atoms with Crippen molar-refractivity contribution in [1.82, 2.24) is 15.8 Å². The van der Waals surface area contributed by atoms with Gasteiger partial charge < -0.3 is 15.2 Å². The second kappa shape index (κ2) is 9.51. The van der Waals surface area contributed by atoms with Gasteiger partial charge >= 0.3 is 12.4 Å². The molecule has 2 N–H and O–H groups in total. The standard InChI is InChI=1S/C21H23F6N3O2/c1-12-6-18(30-32-12)11-28-17-4-2-13(3-5-17)10-29-19(31)14-7-15(20(22,23)24)9-16(8-14)21(25,26)27/h6-9,13,17,28H,2-5,10-11H2,1H3,(H,29,31)/t13-,17+. The lowest BCUT2D eigenvalue weighted by Crippen LogP contribution is -2.36. The van der Waals surface area contributed by atoms with Gasteiger partial charge in [0.1, 0.15) is 5.76 Å². The van der Waals surface area contributed by atoms with E-state index in [0.717, 1.165) is 37.1 Å². The Bertz CT molecular complexity index is 898. The van der Waals surface area contributed by atoms with E-state index in [-0.39, 0.29) is 24.6 Å². The Balaban J connectivity index is 1.52. The first-order chi connectivity index (χ1) is 14.9. The highest BCUT2D eigenvalue weighted by molar-refractivity contribution is 5.94. The van der Waals surface area contributed by atoms with E-state index >= 15 is 0 Å². The number of aryl methyl sites for hydroxylation is 1. The van der Waals surface area contributed by atoms with Gasteiger partial charge in [0.2, 0.25) is 0 Å². The molecule has 1 aliphatic carbocycles. The Labute approximate surface area is 180 Å². The van der Waals surface area contributed by atoms with Crippen molar-refractivity contribution in [3.05, 3.63) is 52.4 Å². The molecule has 1 amide bonds. The molecule has 0 bridgehead atoms. The van der Waals surface area contributed by atoms with Crippen LogP contribution in [0.5, 0.6) is 0 Å². The Morgan fingerprint density at radius 1 is 1.00 bits per heavy atom. The average Bonchev–Trinajstić information content (AvgIpc) is 3.14. The number of carbonyl (C=O) groups excluding carboxylic acids is 1. The molecule has 3 rings (SSSR count). The predicted octanol–water partition coefficient (Wildman–Crippen LogP) is 5.10. The summed E-state index contributed by atoms with van der Waals surface area (Å²) in [5.74, 6) is -0.133. The number of alkyl halides is 6. The molecule has 1 aromatic carbocycles.